The zero-order valence-corrected chi connectivity index (χ0v) is 16.0. The largest absolute Gasteiger partial charge is 0.390 e. The highest BCUT2D eigenvalue weighted by Gasteiger charge is 2.63. The number of nitrogens with zero attached hydrogens (tertiary/aromatic N) is 1. The number of nitriles is 1. The molecular formula is C22H31NO2. The first-order valence-electron chi connectivity index (χ1n) is 10.0. The van der Waals surface area contributed by atoms with Crippen LogP contribution < -0.4 is 0 Å². The first-order chi connectivity index (χ1) is 11.6. The molecule has 0 radical (unpaired) electrons. The first kappa shape index (κ1) is 17.3. The van der Waals surface area contributed by atoms with E-state index in [1.807, 2.05) is 13.0 Å². The van der Waals surface area contributed by atoms with Crippen LogP contribution in [-0.2, 0) is 4.79 Å². The number of carbonyl (C=O) groups excluding carboxylic acids is 1. The molecule has 3 heteroatoms. The number of fused-ring (bicyclic) bond motifs is 5. The number of hydrogen-bond donors (Lipinski definition) is 1. The summed E-state index contributed by atoms with van der Waals surface area (Å²) in [6.07, 6.45) is 7.86. The minimum Gasteiger partial charge on any atom is -0.390 e. The summed E-state index contributed by atoms with van der Waals surface area (Å²) < 4.78 is 0. The van der Waals surface area contributed by atoms with Gasteiger partial charge in [0.25, 0.3) is 0 Å². The predicted molar refractivity (Wildman–Crippen MR) is 96.4 cm³/mol. The average molecular weight is 341 g/mol. The number of hydrogen-bond acceptors (Lipinski definition) is 3. The van der Waals surface area contributed by atoms with Crippen LogP contribution in [0.2, 0.25) is 0 Å². The standard InChI is InChI=1S/C22H31NO2/c1-13-9-15-16(5-7-21(3)17(15)6-8-22(21,4)25)20(2)11-14(12-23)19(24)10-18(13)20/h10,13-17,25H,5-9,11H2,1-4H3/t13?,14?,15-,16-,17+,20-,21+,22?/m1/s1. The number of carbonyl (C=O) groups is 1. The van der Waals surface area contributed by atoms with Crippen LogP contribution in [0.4, 0.5) is 0 Å². The van der Waals surface area contributed by atoms with E-state index in [9.17, 15) is 15.2 Å². The van der Waals surface area contributed by atoms with E-state index in [2.05, 4.69) is 26.8 Å². The van der Waals surface area contributed by atoms with Gasteiger partial charge in [-0.2, -0.15) is 5.26 Å². The second-order valence-corrected chi connectivity index (χ2v) is 10.1. The van der Waals surface area contributed by atoms with Crippen LogP contribution in [0.3, 0.4) is 0 Å². The molecule has 0 heterocycles. The van der Waals surface area contributed by atoms with Crippen molar-refractivity contribution in [2.75, 3.05) is 0 Å². The molecule has 4 aliphatic rings. The molecule has 0 saturated heterocycles. The van der Waals surface area contributed by atoms with Crippen molar-refractivity contribution in [2.45, 2.75) is 71.8 Å². The summed E-state index contributed by atoms with van der Waals surface area (Å²) in [5.41, 5.74) is 0.746. The van der Waals surface area contributed by atoms with Gasteiger partial charge in [0, 0.05) is 0 Å². The number of aliphatic hydroxyl groups is 1. The molecule has 3 saturated carbocycles. The molecule has 0 aromatic carbocycles. The van der Waals surface area contributed by atoms with Crippen molar-refractivity contribution in [1.29, 1.82) is 5.26 Å². The lowest BCUT2D eigenvalue weighted by atomic mass is 9.44. The van der Waals surface area contributed by atoms with Crippen molar-refractivity contribution in [3.05, 3.63) is 11.6 Å². The smallest absolute Gasteiger partial charge is 0.172 e. The van der Waals surface area contributed by atoms with Crippen molar-refractivity contribution >= 4 is 5.78 Å². The molecule has 0 aromatic rings. The molecule has 3 nitrogen and oxygen atoms in total. The van der Waals surface area contributed by atoms with Crippen LogP contribution >= 0.6 is 0 Å². The van der Waals surface area contributed by atoms with Crippen LogP contribution in [0, 0.1) is 51.8 Å². The summed E-state index contributed by atoms with van der Waals surface area (Å²) in [6.45, 7) is 8.93. The van der Waals surface area contributed by atoms with Gasteiger partial charge in [0.1, 0.15) is 5.92 Å². The van der Waals surface area contributed by atoms with Gasteiger partial charge in [-0.05, 0) is 86.0 Å². The molecule has 0 spiro atoms. The summed E-state index contributed by atoms with van der Waals surface area (Å²) in [5.74, 6) is 1.68. The molecule has 8 atom stereocenters. The van der Waals surface area contributed by atoms with E-state index in [1.54, 1.807) is 0 Å². The molecule has 0 aromatic heterocycles. The quantitative estimate of drug-likeness (QED) is 0.716. The molecule has 0 aliphatic heterocycles. The average Bonchev–Trinajstić information content (AvgIpc) is 2.79. The van der Waals surface area contributed by atoms with E-state index in [0.717, 1.165) is 32.1 Å². The van der Waals surface area contributed by atoms with Crippen molar-refractivity contribution in [3.8, 4) is 6.07 Å². The van der Waals surface area contributed by atoms with E-state index in [4.69, 9.17) is 0 Å². The number of ketones is 1. The van der Waals surface area contributed by atoms with Crippen molar-refractivity contribution < 1.29 is 9.90 Å². The van der Waals surface area contributed by atoms with E-state index >= 15 is 0 Å². The fourth-order valence-electron chi connectivity index (χ4n) is 7.43. The minimum atomic E-state index is -0.555. The maximum atomic E-state index is 12.3. The van der Waals surface area contributed by atoms with Crippen LogP contribution in [0.15, 0.2) is 11.6 Å². The Bertz CT molecular complexity index is 687. The first-order valence-corrected chi connectivity index (χ1v) is 10.0. The van der Waals surface area contributed by atoms with E-state index in [0.29, 0.717) is 30.1 Å². The van der Waals surface area contributed by atoms with E-state index < -0.39 is 11.5 Å². The van der Waals surface area contributed by atoms with E-state index in [-0.39, 0.29) is 16.6 Å². The Kier molecular flexibility index (Phi) is 3.59. The summed E-state index contributed by atoms with van der Waals surface area (Å²) in [7, 11) is 0. The van der Waals surface area contributed by atoms with Gasteiger partial charge in [-0.15, -0.1) is 0 Å². The van der Waals surface area contributed by atoms with Crippen molar-refractivity contribution in [1.82, 2.24) is 0 Å². The monoisotopic (exact) mass is 341 g/mol. The van der Waals surface area contributed by atoms with E-state index in [1.165, 1.54) is 5.57 Å². The highest BCUT2D eigenvalue weighted by Crippen LogP contribution is 2.68. The lowest BCUT2D eigenvalue weighted by Gasteiger charge is -2.60. The Morgan fingerprint density at radius 2 is 1.88 bits per heavy atom. The van der Waals surface area contributed by atoms with Gasteiger partial charge >= 0.3 is 0 Å². The molecule has 1 N–H and O–H groups in total. The summed E-state index contributed by atoms with van der Waals surface area (Å²) in [4.78, 5) is 12.3. The molecular weight excluding hydrogens is 310 g/mol. The SMILES string of the molecule is CC1C[C@@H]2[C@@H](CC[C@@]3(C)[C@H]2CCC3(C)O)[C@@]2(C)CC(C#N)C(=O)C=C12. The summed E-state index contributed by atoms with van der Waals surface area (Å²) in [6, 6.07) is 2.26. The predicted octanol–water partition coefficient (Wildman–Crippen LogP) is 4.26. The molecule has 0 amide bonds. The molecule has 4 aliphatic carbocycles. The Morgan fingerprint density at radius 1 is 1.20 bits per heavy atom. The molecule has 3 unspecified atom stereocenters. The highest BCUT2D eigenvalue weighted by molar-refractivity contribution is 5.95. The zero-order valence-electron chi connectivity index (χ0n) is 16.0. The molecule has 25 heavy (non-hydrogen) atoms. The molecule has 3 fully saturated rings. The second-order valence-electron chi connectivity index (χ2n) is 10.1. The number of rotatable bonds is 0. The normalized spacial score (nSPS) is 54.8. The fourth-order valence-corrected chi connectivity index (χ4v) is 7.43. The van der Waals surface area contributed by atoms with Gasteiger partial charge in [-0.25, -0.2) is 0 Å². The molecule has 0 bridgehead atoms. The Balaban J connectivity index is 1.75. The van der Waals surface area contributed by atoms with Crippen LogP contribution in [0.25, 0.3) is 0 Å². The van der Waals surface area contributed by atoms with Crippen LogP contribution in [0.1, 0.15) is 66.2 Å². The topological polar surface area (TPSA) is 61.1 Å². The minimum absolute atomic E-state index is 0.0183. The summed E-state index contributed by atoms with van der Waals surface area (Å²) in [5, 5.41) is 20.5. The lowest BCUT2D eigenvalue weighted by Crippen LogP contribution is -2.55. The third kappa shape index (κ3) is 2.10. The van der Waals surface area contributed by atoms with Crippen LogP contribution in [-0.4, -0.2) is 16.5 Å². The second kappa shape index (κ2) is 5.19. The Hall–Kier alpha value is -1.14. The number of allylic oxidation sites excluding steroid dienone is 1. The van der Waals surface area contributed by atoms with Gasteiger partial charge in [0.05, 0.1) is 11.7 Å². The van der Waals surface area contributed by atoms with Gasteiger partial charge in [-0.3, -0.25) is 4.79 Å². The molecule has 4 rings (SSSR count). The summed E-state index contributed by atoms with van der Waals surface area (Å²) >= 11 is 0. The van der Waals surface area contributed by atoms with Crippen LogP contribution in [0.5, 0.6) is 0 Å². The molecule has 136 valence electrons. The Labute approximate surface area is 151 Å². The van der Waals surface area contributed by atoms with Gasteiger partial charge in [0.15, 0.2) is 5.78 Å². The van der Waals surface area contributed by atoms with Crippen molar-refractivity contribution in [3.63, 3.8) is 0 Å². The maximum absolute atomic E-state index is 12.3. The highest BCUT2D eigenvalue weighted by atomic mass is 16.3. The van der Waals surface area contributed by atoms with Crippen molar-refractivity contribution in [2.24, 2.45) is 40.4 Å². The Morgan fingerprint density at radius 3 is 2.56 bits per heavy atom. The van der Waals surface area contributed by atoms with Gasteiger partial charge < -0.3 is 5.11 Å². The maximum Gasteiger partial charge on any atom is 0.172 e. The van der Waals surface area contributed by atoms with Gasteiger partial charge in [-0.1, -0.05) is 26.3 Å². The zero-order chi connectivity index (χ0) is 18.2. The lowest BCUT2D eigenvalue weighted by molar-refractivity contribution is -0.129. The fraction of sp³-hybridized carbons (Fsp3) is 0.818. The third-order valence-corrected chi connectivity index (χ3v) is 9.06. The van der Waals surface area contributed by atoms with Gasteiger partial charge in [0.2, 0.25) is 0 Å². The third-order valence-electron chi connectivity index (χ3n) is 9.06.